The van der Waals surface area contributed by atoms with Crippen molar-refractivity contribution in [3.8, 4) is 22.5 Å². The van der Waals surface area contributed by atoms with Gasteiger partial charge in [-0.05, 0) is 111 Å². The van der Waals surface area contributed by atoms with Crippen molar-refractivity contribution in [3.63, 3.8) is 0 Å². The summed E-state index contributed by atoms with van der Waals surface area (Å²) >= 11 is 12.2. The van der Waals surface area contributed by atoms with E-state index < -0.39 is 0 Å². The Balaban J connectivity index is 0.000000177. The molecule has 0 saturated heterocycles. The molecule has 0 amide bonds. The Morgan fingerprint density at radius 1 is 0.500 bits per heavy atom. The van der Waals surface area contributed by atoms with E-state index in [1.54, 1.807) is 6.07 Å². The zero-order valence-electron chi connectivity index (χ0n) is 26.9. The monoisotopic (exact) mass is 618 g/mol. The van der Waals surface area contributed by atoms with Gasteiger partial charge >= 0.3 is 0 Å². The van der Waals surface area contributed by atoms with Gasteiger partial charge in [0.2, 0.25) is 0 Å². The summed E-state index contributed by atoms with van der Waals surface area (Å²) in [6.45, 7) is 17.5. The minimum atomic E-state index is 0.500. The van der Waals surface area contributed by atoms with E-state index in [-0.39, 0.29) is 0 Å². The van der Waals surface area contributed by atoms with Crippen LogP contribution in [-0.2, 0) is 0 Å². The number of hydrogen-bond donors (Lipinski definition) is 0. The van der Waals surface area contributed by atoms with Gasteiger partial charge in [-0.3, -0.25) is 0 Å². The van der Waals surface area contributed by atoms with Gasteiger partial charge in [-0.15, -0.1) is 0 Å². The molecule has 224 valence electrons. The number of halogens is 2. The maximum atomic E-state index is 6.19. The molecule has 0 bridgehead atoms. The summed E-state index contributed by atoms with van der Waals surface area (Å²) in [5.74, 6) is 1.01. The topological polar surface area (TPSA) is 25.8 Å². The normalized spacial score (nSPS) is 11.4. The fraction of sp³-hybridized carbons (Fsp3) is 0.250. The first-order chi connectivity index (χ1) is 20.9. The summed E-state index contributed by atoms with van der Waals surface area (Å²) in [4.78, 5) is 9.69. The van der Waals surface area contributed by atoms with Crippen LogP contribution in [0, 0.1) is 27.7 Å². The van der Waals surface area contributed by atoms with Gasteiger partial charge in [0.15, 0.2) is 0 Å². The average Bonchev–Trinajstić information content (AvgIpc) is 2.95. The fourth-order valence-electron chi connectivity index (χ4n) is 5.82. The van der Waals surface area contributed by atoms with Crippen LogP contribution in [0.1, 0.15) is 72.9 Å². The van der Waals surface area contributed by atoms with Gasteiger partial charge in [-0.2, -0.15) is 0 Å². The largest absolute Gasteiger partial charge is 0.248 e. The average molecular weight is 620 g/mol. The second-order valence-corrected chi connectivity index (χ2v) is 13.4. The number of fused-ring (bicyclic) bond motifs is 2. The smallest absolute Gasteiger partial charge is 0.0739 e. The lowest BCUT2D eigenvalue weighted by Gasteiger charge is -2.15. The number of pyridine rings is 2. The van der Waals surface area contributed by atoms with Crippen LogP contribution in [0.3, 0.4) is 0 Å². The molecule has 0 atom stereocenters. The molecule has 6 aromatic rings. The Morgan fingerprint density at radius 3 is 1.45 bits per heavy atom. The van der Waals surface area contributed by atoms with Crippen molar-refractivity contribution in [2.45, 2.75) is 67.2 Å². The first kappa shape index (κ1) is 31.7. The zero-order valence-corrected chi connectivity index (χ0v) is 28.4. The van der Waals surface area contributed by atoms with E-state index in [0.717, 1.165) is 33.4 Å². The van der Waals surface area contributed by atoms with Crippen molar-refractivity contribution in [2.75, 3.05) is 0 Å². The molecule has 44 heavy (non-hydrogen) atoms. The molecule has 2 aromatic heterocycles. The lowest BCUT2D eigenvalue weighted by atomic mass is 9.91. The molecule has 0 spiro atoms. The van der Waals surface area contributed by atoms with Crippen molar-refractivity contribution in [1.82, 2.24) is 9.97 Å². The van der Waals surface area contributed by atoms with E-state index in [1.165, 1.54) is 44.3 Å². The first-order valence-electron chi connectivity index (χ1n) is 15.3. The number of rotatable bonds is 4. The molecule has 0 aliphatic rings. The van der Waals surface area contributed by atoms with Crippen LogP contribution >= 0.6 is 23.2 Å². The van der Waals surface area contributed by atoms with Crippen molar-refractivity contribution < 1.29 is 0 Å². The predicted octanol–water partition coefficient (Wildman–Crippen LogP) is 12.6. The van der Waals surface area contributed by atoms with Crippen molar-refractivity contribution in [1.29, 1.82) is 0 Å². The molecule has 0 saturated carbocycles. The minimum absolute atomic E-state index is 0.500. The Labute approximate surface area is 272 Å². The second kappa shape index (κ2) is 13.1. The summed E-state index contributed by atoms with van der Waals surface area (Å²) < 4.78 is 0. The molecule has 4 heteroatoms. The highest BCUT2D eigenvalue weighted by Gasteiger charge is 2.12. The minimum Gasteiger partial charge on any atom is -0.248 e. The van der Waals surface area contributed by atoms with Crippen LogP contribution in [-0.4, -0.2) is 9.97 Å². The Kier molecular flexibility index (Phi) is 9.44. The van der Waals surface area contributed by atoms with Crippen LogP contribution in [0.15, 0.2) is 84.9 Å². The summed E-state index contributed by atoms with van der Waals surface area (Å²) in [6, 6.07) is 29.7. The highest BCUT2D eigenvalue weighted by Crippen LogP contribution is 2.32. The first-order valence-corrected chi connectivity index (χ1v) is 16.0. The van der Waals surface area contributed by atoms with E-state index >= 15 is 0 Å². The van der Waals surface area contributed by atoms with Gasteiger partial charge in [-0.25, -0.2) is 9.97 Å². The third kappa shape index (κ3) is 7.15. The van der Waals surface area contributed by atoms with E-state index in [0.29, 0.717) is 21.9 Å². The molecule has 0 unspecified atom stereocenters. The van der Waals surface area contributed by atoms with Crippen LogP contribution in [0.4, 0.5) is 0 Å². The summed E-state index contributed by atoms with van der Waals surface area (Å²) in [5.41, 5.74) is 14.0. The van der Waals surface area contributed by atoms with Gasteiger partial charge in [-0.1, -0.05) is 97.4 Å². The van der Waals surface area contributed by atoms with Crippen LogP contribution < -0.4 is 0 Å². The van der Waals surface area contributed by atoms with Gasteiger partial charge in [0.1, 0.15) is 0 Å². The summed E-state index contributed by atoms with van der Waals surface area (Å²) in [7, 11) is 0. The van der Waals surface area contributed by atoms with Gasteiger partial charge in [0.25, 0.3) is 0 Å². The second-order valence-electron chi connectivity index (χ2n) is 12.6. The van der Waals surface area contributed by atoms with E-state index in [9.17, 15) is 0 Å². The Bertz CT molecular complexity index is 1950. The third-order valence-electron chi connectivity index (χ3n) is 7.91. The van der Waals surface area contributed by atoms with Gasteiger partial charge in [0.05, 0.1) is 27.4 Å². The Morgan fingerprint density at radius 2 is 0.977 bits per heavy atom. The third-order valence-corrected chi connectivity index (χ3v) is 8.44. The number of aryl methyl sites for hydroxylation is 4. The summed E-state index contributed by atoms with van der Waals surface area (Å²) in [5, 5.41) is 3.44. The van der Waals surface area contributed by atoms with Crippen LogP contribution in [0.5, 0.6) is 0 Å². The van der Waals surface area contributed by atoms with E-state index in [4.69, 9.17) is 28.2 Å². The number of hydrogen-bond acceptors (Lipinski definition) is 2. The van der Waals surface area contributed by atoms with Crippen molar-refractivity contribution >= 4 is 45.0 Å². The van der Waals surface area contributed by atoms with Crippen LogP contribution in [0.2, 0.25) is 10.0 Å². The molecule has 0 aliphatic carbocycles. The standard InChI is InChI=1S/C23H27N.C17H13Cl2N/c1-14(2)18-12-21(15(3)4)20-7-8-22(24-23(20)13-18)19-10-16(5)9-17(6)11-19;1-10-5-11(2)7-12(6-10)16-4-3-14-15(19)8-13(18)9-17(14)20-16/h7-15H,1-6H3;3-9H,1-2H3. The molecule has 2 nitrogen and oxygen atoms in total. The lowest BCUT2D eigenvalue weighted by Crippen LogP contribution is -1.97. The molecule has 4 aromatic carbocycles. The van der Waals surface area contributed by atoms with Crippen LogP contribution in [0.25, 0.3) is 44.3 Å². The molecule has 6 rings (SSSR count). The maximum absolute atomic E-state index is 6.19. The number of aromatic nitrogens is 2. The maximum Gasteiger partial charge on any atom is 0.0739 e. The molecule has 2 heterocycles. The SMILES string of the molecule is Cc1cc(C)cc(-c2ccc3c(C(C)C)cc(C(C)C)cc3n2)c1.Cc1cc(C)cc(-c2ccc3c(Cl)cc(Cl)cc3n2)c1. The Hall–Kier alpha value is -3.72. The highest BCUT2D eigenvalue weighted by molar-refractivity contribution is 6.38. The van der Waals surface area contributed by atoms with E-state index in [1.807, 2.05) is 18.2 Å². The lowest BCUT2D eigenvalue weighted by molar-refractivity contribution is 0.841. The number of nitrogens with zero attached hydrogens (tertiary/aromatic N) is 2. The fourth-order valence-corrected chi connectivity index (χ4v) is 6.37. The molecule has 0 N–H and O–H groups in total. The highest BCUT2D eigenvalue weighted by atomic mass is 35.5. The quantitative estimate of drug-likeness (QED) is 0.196. The molecular formula is C40H40Cl2N2. The molecular weight excluding hydrogens is 579 g/mol. The van der Waals surface area contributed by atoms with E-state index in [2.05, 4.69) is 121 Å². The molecule has 0 fully saturated rings. The predicted molar refractivity (Wildman–Crippen MR) is 192 cm³/mol. The molecule has 0 radical (unpaired) electrons. The van der Waals surface area contributed by atoms with Gasteiger partial charge < -0.3 is 0 Å². The van der Waals surface area contributed by atoms with Crippen molar-refractivity contribution in [2.24, 2.45) is 0 Å². The number of benzene rings is 4. The van der Waals surface area contributed by atoms with Gasteiger partial charge in [0, 0.05) is 26.9 Å². The molecule has 0 aliphatic heterocycles. The zero-order chi connectivity index (χ0) is 31.7. The van der Waals surface area contributed by atoms with Crippen molar-refractivity contribution in [3.05, 3.63) is 128 Å². The summed E-state index contributed by atoms with van der Waals surface area (Å²) in [6.07, 6.45) is 0.